The standard InChI is InChI=1S/C35H72NO2/c1-5-7-9-11-13-15-17-18-19-20-21-22-24-26-28-30-32-38-34-35(37)33-36(3,4)31-29-27-25-23-16-14-12-10-8-6-2/h18-19,35,37H,5-17,20-34H2,1-4H3/q+1/b19-18-. The Morgan fingerprint density at radius 2 is 0.947 bits per heavy atom. The van der Waals surface area contributed by atoms with Gasteiger partial charge in [-0.15, -0.1) is 0 Å². The molecule has 228 valence electrons. The Labute approximate surface area is 240 Å². The molecule has 0 spiro atoms. The number of aliphatic hydroxyl groups excluding tert-OH is 1. The predicted octanol–water partition coefficient (Wildman–Crippen LogP) is 10.4. The first-order chi connectivity index (χ1) is 18.5. The van der Waals surface area contributed by atoms with Crippen LogP contribution in [-0.4, -0.2) is 56.1 Å². The third-order valence-electron chi connectivity index (χ3n) is 7.93. The minimum Gasteiger partial charge on any atom is -0.385 e. The Hall–Kier alpha value is -0.380. The molecular formula is C35H72NO2+. The van der Waals surface area contributed by atoms with Crippen LogP contribution in [0.2, 0.25) is 0 Å². The molecule has 1 N–H and O–H groups in total. The zero-order valence-corrected chi connectivity index (χ0v) is 26.8. The normalized spacial score (nSPS) is 13.1. The molecule has 0 rings (SSSR count). The fourth-order valence-electron chi connectivity index (χ4n) is 5.41. The topological polar surface area (TPSA) is 29.5 Å². The van der Waals surface area contributed by atoms with Gasteiger partial charge in [0.15, 0.2) is 0 Å². The Balaban J connectivity index is 3.42. The van der Waals surface area contributed by atoms with Gasteiger partial charge < -0.3 is 14.3 Å². The van der Waals surface area contributed by atoms with E-state index < -0.39 is 0 Å². The number of rotatable bonds is 31. The second kappa shape index (κ2) is 29.6. The third-order valence-corrected chi connectivity index (χ3v) is 7.93. The summed E-state index contributed by atoms with van der Waals surface area (Å²) >= 11 is 0. The van der Waals surface area contributed by atoms with Crippen LogP contribution in [0, 0.1) is 0 Å². The summed E-state index contributed by atoms with van der Waals surface area (Å²) in [5.41, 5.74) is 0. The molecular weight excluding hydrogens is 466 g/mol. The fourth-order valence-corrected chi connectivity index (χ4v) is 5.41. The van der Waals surface area contributed by atoms with E-state index in [1.54, 1.807) is 0 Å². The summed E-state index contributed by atoms with van der Waals surface area (Å²) in [7, 11) is 4.50. The summed E-state index contributed by atoms with van der Waals surface area (Å²) in [5.74, 6) is 0. The first-order valence-corrected chi connectivity index (χ1v) is 17.2. The van der Waals surface area contributed by atoms with Crippen molar-refractivity contribution in [2.24, 2.45) is 0 Å². The highest BCUT2D eigenvalue weighted by molar-refractivity contribution is 4.81. The molecule has 0 radical (unpaired) electrons. The maximum absolute atomic E-state index is 10.4. The monoisotopic (exact) mass is 539 g/mol. The van der Waals surface area contributed by atoms with Crippen molar-refractivity contribution < 1.29 is 14.3 Å². The second-order valence-electron chi connectivity index (χ2n) is 12.7. The molecule has 38 heavy (non-hydrogen) atoms. The van der Waals surface area contributed by atoms with Crippen molar-refractivity contribution >= 4 is 0 Å². The summed E-state index contributed by atoms with van der Waals surface area (Å²) in [4.78, 5) is 0. The molecule has 0 bridgehead atoms. The number of hydrogen-bond donors (Lipinski definition) is 1. The van der Waals surface area contributed by atoms with E-state index in [1.165, 1.54) is 148 Å². The fraction of sp³-hybridized carbons (Fsp3) is 0.943. The molecule has 0 fully saturated rings. The number of aliphatic hydroxyl groups is 1. The van der Waals surface area contributed by atoms with Crippen LogP contribution < -0.4 is 0 Å². The van der Waals surface area contributed by atoms with Crippen molar-refractivity contribution in [3.63, 3.8) is 0 Å². The summed E-state index contributed by atoms with van der Waals surface area (Å²) in [6.45, 7) is 7.81. The second-order valence-corrected chi connectivity index (χ2v) is 12.7. The molecule has 0 saturated carbocycles. The Kier molecular flexibility index (Phi) is 29.3. The molecule has 3 heteroatoms. The predicted molar refractivity (Wildman–Crippen MR) is 170 cm³/mol. The smallest absolute Gasteiger partial charge is 0.126 e. The highest BCUT2D eigenvalue weighted by Gasteiger charge is 2.20. The van der Waals surface area contributed by atoms with Crippen LogP contribution in [0.15, 0.2) is 12.2 Å². The van der Waals surface area contributed by atoms with E-state index in [-0.39, 0.29) is 6.10 Å². The van der Waals surface area contributed by atoms with Gasteiger partial charge in [0.25, 0.3) is 0 Å². The molecule has 3 nitrogen and oxygen atoms in total. The van der Waals surface area contributed by atoms with Gasteiger partial charge in [-0.25, -0.2) is 0 Å². The zero-order chi connectivity index (χ0) is 28.0. The van der Waals surface area contributed by atoms with Crippen LogP contribution in [-0.2, 0) is 4.74 Å². The summed E-state index contributed by atoms with van der Waals surface area (Å²) in [5, 5.41) is 10.4. The molecule has 0 amide bonds. The number of allylic oxidation sites excluding steroid dienone is 2. The molecule has 0 aromatic heterocycles. The van der Waals surface area contributed by atoms with Crippen LogP contribution in [0.1, 0.15) is 168 Å². The van der Waals surface area contributed by atoms with Gasteiger partial charge in [0, 0.05) is 6.61 Å². The largest absolute Gasteiger partial charge is 0.385 e. The Morgan fingerprint density at radius 1 is 0.553 bits per heavy atom. The summed E-state index contributed by atoms with van der Waals surface area (Å²) in [6.07, 6.45) is 36.9. The number of nitrogens with zero attached hydrogens (tertiary/aromatic N) is 1. The SMILES string of the molecule is CCCCCCCC/C=C\CCCCCCCCOCC(O)C[N+](C)(C)CCCCCCCCCCCC. The highest BCUT2D eigenvalue weighted by Crippen LogP contribution is 2.13. The first kappa shape index (κ1) is 37.6. The number of ether oxygens (including phenoxy) is 1. The van der Waals surface area contributed by atoms with Gasteiger partial charge in [-0.1, -0.05) is 135 Å². The van der Waals surface area contributed by atoms with E-state index in [0.29, 0.717) is 6.61 Å². The summed E-state index contributed by atoms with van der Waals surface area (Å²) in [6, 6.07) is 0. The van der Waals surface area contributed by atoms with Crippen LogP contribution in [0.3, 0.4) is 0 Å². The average Bonchev–Trinajstić information content (AvgIpc) is 2.88. The van der Waals surface area contributed by atoms with Crippen molar-refractivity contribution in [1.29, 1.82) is 0 Å². The lowest BCUT2D eigenvalue weighted by atomic mass is 10.1. The van der Waals surface area contributed by atoms with Crippen molar-refractivity contribution in [3.05, 3.63) is 12.2 Å². The molecule has 0 aliphatic carbocycles. The first-order valence-electron chi connectivity index (χ1n) is 17.2. The number of unbranched alkanes of at least 4 members (excludes halogenated alkanes) is 21. The minimum atomic E-state index is -0.345. The average molecular weight is 539 g/mol. The lowest BCUT2D eigenvalue weighted by Gasteiger charge is -2.32. The van der Waals surface area contributed by atoms with Crippen molar-refractivity contribution in [1.82, 2.24) is 0 Å². The third kappa shape index (κ3) is 30.2. The van der Waals surface area contributed by atoms with E-state index in [2.05, 4.69) is 40.1 Å². The van der Waals surface area contributed by atoms with E-state index in [1.807, 2.05) is 0 Å². The van der Waals surface area contributed by atoms with Crippen LogP contribution >= 0.6 is 0 Å². The lowest BCUT2D eigenvalue weighted by Crippen LogP contribution is -2.47. The van der Waals surface area contributed by atoms with Gasteiger partial charge in [0.1, 0.15) is 12.6 Å². The number of quaternary nitrogens is 1. The van der Waals surface area contributed by atoms with E-state index in [4.69, 9.17) is 4.74 Å². The van der Waals surface area contributed by atoms with Gasteiger partial charge >= 0.3 is 0 Å². The maximum Gasteiger partial charge on any atom is 0.126 e. The molecule has 0 saturated heterocycles. The van der Waals surface area contributed by atoms with E-state index in [0.717, 1.165) is 30.6 Å². The van der Waals surface area contributed by atoms with Crippen molar-refractivity contribution in [2.45, 2.75) is 174 Å². The van der Waals surface area contributed by atoms with Crippen LogP contribution in [0.5, 0.6) is 0 Å². The minimum absolute atomic E-state index is 0.345. The van der Waals surface area contributed by atoms with E-state index in [9.17, 15) is 5.11 Å². The Bertz CT molecular complexity index is 477. The summed E-state index contributed by atoms with van der Waals surface area (Å²) < 4.78 is 6.69. The highest BCUT2D eigenvalue weighted by atomic mass is 16.5. The maximum atomic E-state index is 10.4. The van der Waals surface area contributed by atoms with Crippen molar-refractivity contribution in [2.75, 3.05) is 40.4 Å². The molecule has 0 aliphatic heterocycles. The molecule has 1 atom stereocenters. The van der Waals surface area contributed by atoms with Crippen LogP contribution in [0.25, 0.3) is 0 Å². The zero-order valence-electron chi connectivity index (χ0n) is 26.8. The number of likely N-dealkylation sites (N-methyl/N-ethyl adjacent to an activating group) is 1. The van der Waals surface area contributed by atoms with Gasteiger partial charge in [-0.05, 0) is 44.9 Å². The van der Waals surface area contributed by atoms with Gasteiger partial charge in [0.2, 0.25) is 0 Å². The lowest BCUT2D eigenvalue weighted by molar-refractivity contribution is -0.893. The van der Waals surface area contributed by atoms with Crippen LogP contribution in [0.4, 0.5) is 0 Å². The number of hydrogen-bond acceptors (Lipinski definition) is 2. The molecule has 0 aromatic carbocycles. The van der Waals surface area contributed by atoms with E-state index >= 15 is 0 Å². The van der Waals surface area contributed by atoms with Gasteiger partial charge in [-0.3, -0.25) is 0 Å². The Morgan fingerprint density at radius 3 is 1.42 bits per heavy atom. The van der Waals surface area contributed by atoms with Crippen molar-refractivity contribution in [3.8, 4) is 0 Å². The van der Waals surface area contributed by atoms with Gasteiger partial charge in [-0.2, -0.15) is 0 Å². The quantitative estimate of drug-likeness (QED) is 0.0540. The molecule has 0 aromatic rings. The molecule has 0 aliphatic rings. The molecule has 0 heterocycles. The van der Waals surface area contributed by atoms with Gasteiger partial charge in [0.05, 0.1) is 27.2 Å². The molecule has 1 unspecified atom stereocenters.